The molecule has 0 unspecified atom stereocenters. The van der Waals surface area contributed by atoms with Crippen LogP contribution in [0.25, 0.3) is 10.8 Å². The summed E-state index contributed by atoms with van der Waals surface area (Å²) in [6, 6.07) is 19.1. The fourth-order valence-electron chi connectivity index (χ4n) is 3.61. The SMILES string of the molecule is CC(=O)N(c1cccc2ccccc12)[C@@H]1ON=C(c2c(Cl)cccc2Cl)[C@@H]1C. The van der Waals surface area contributed by atoms with Crippen molar-refractivity contribution in [1.29, 1.82) is 0 Å². The van der Waals surface area contributed by atoms with Crippen LogP contribution in [0.3, 0.4) is 0 Å². The number of rotatable bonds is 3. The Morgan fingerprint density at radius 1 is 1.00 bits per heavy atom. The van der Waals surface area contributed by atoms with Gasteiger partial charge >= 0.3 is 0 Å². The summed E-state index contributed by atoms with van der Waals surface area (Å²) in [5, 5.41) is 7.28. The lowest BCUT2D eigenvalue weighted by molar-refractivity contribution is -0.119. The third-order valence-electron chi connectivity index (χ3n) is 4.96. The minimum Gasteiger partial charge on any atom is -0.369 e. The second-order valence-corrected chi connectivity index (χ2v) is 7.56. The van der Waals surface area contributed by atoms with Crippen molar-refractivity contribution in [3.05, 3.63) is 76.3 Å². The van der Waals surface area contributed by atoms with E-state index in [1.54, 1.807) is 23.1 Å². The lowest BCUT2D eigenvalue weighted by atomic mass is 9.96. The number of nitrogens with zero attached hydrogens (tertiary/aromatic N) is 2. The molecule has 6 heteroatoms. The largest absolute Gasteiger partial charge is 0.369 e. The molecule has 1 amide bonds. The van der Waals surface area contributed by atoms with Gasteiger partial charge in [-0.1, -0.05) is 77.7 Å². The summed E-state index contributed by atoms with van der Waals surface area (Å²) in [6.45, 7) is 3.48. The van der Waals surface area contributed by atoms with Crippen LogP contribution in [0.2, 0.25) is 10.0 Å². The van der Waals surface area contributed by atoms with Gasteiger partial charge < -0.3 is 4.84 Å². The highest BCUT2D eigenvalue weighted by atomic mass is 35.5. The summed E-state index contributed by atoms with van der Waals surface area (Å²) in [5.41, 5.74) is 2.05. The first-order valence-corrected chi connectivity index (χ1v) is 9.70. The molecule has 0 bridgehead atoms. The molecule has 0 radical (unpaired) electrons. The molecular weight excluding hydrogens is 395 g/mol. The van der Waals surface area contributed by atoms with Crippen LogP contribution in [-0.4, -0.2) is 17.8 Å². The van der Waals surface area contributed by atoms with Crippen LogP contribution < -0.4 is 4.90 Å². The Hall–Kier alpha value is -2.56. The van der Waals surface area contributed by atoms with Gasteiger partial charge in [-0.05, 0) is 23.6 Å². The zero-order valence-electron chi connectivity index (χ0n) is 15.4. The number of carbonyl (C=O) groups excluding carboxylic acids is 1. The normalized spacial score (nSPS) is 18.6. The van der Waals surface area contributed by atoms with E-state index in [4.69, 9.17) is 28.0 Å². The van der Waals surface area contributed by atoms with Crippen LogP contribution in [0.15, 0.2) is 65.8 Å². The zero-order chi connectivity index (χ0) is 19.8. The maximum absolute atomic E-state index is 12.6. The lowest BCUT2D eigenvalue weighted by Crippen LogP contribution is -2.43. The number of fused-ring (bicyclic) bond motifs is 1. The van der Waals surface area contributed by atoms with Gasteiger partial charge in [-0.15, -0.1) is 0 Å². The van der Waals surface area contributed by atoms with Crippen LogP contribution in [0, 0.1) is 5.92 Å². The molecule has 0 fully saturated rings. The highest BCUT2D eigenvalue weighted by Gasteiger charge is 2.39. The van der Waals surface area contributed by atoms with Crippen LogP contribution in [0.1, 0.15) is 19.4 Å². The van der Waals surface area contributed by atoms with E-state index in [0.29, 0.717) is 21.3 Å². The fourth-order valence-corrected chi connectivity index (χ4v) is 4.20. The first kappa shape index (κ1) is 18.8. The molecule has 1 aliphatic heterocycles. The average Bonchev–Trinajstić information content (AvgIpc) is 3.03. The number of hydrogen-bond donors (Lipinski definition) is 0. The van der Waals surface area contributed by atoms with Crippen molar-refractivity contribution in [2.45, 2.75) is 20.1 Å². The van der Waals surface area contributed by atoms with Crippen molar-refractivity contribution in [2.75, 3.05) is 4.90 Å². The number of benzene rings is 3. The number of carbonyl (C=O) groups is 1. The molecule has 2 atom stereocenters. The summed E-state index contributed by atoms with van der Waals surface area (Å²) in [6.07, 6.45) is -0.592. The first-order valence-electron chi connectivity index (χ1n) is 8.94. The second kappa shape index (κ2) is 7.46. The van der Waals surface area contributed by atoms with Crippen molar-refractivity contribution < 1.29 is 9.63 Å². The topological polar surface area (TPSA) is 41.9 Å². The number of amides is 1. The highest BCUT2D eigenvalue weighted by molar-refractivity contribution is 6.40. The van der Waals surface area contributed by atoms with E-state index in [1.165, 1.54) is 6.92 Å². The maximum atomic E-state index is 12.6. The predicted molar refractivity (Wildman–Crippen MR) is 114 cm³/mol. The van der Waals surface area contributed by atoms with Crippen molar-refractivity contribution in [3.63, 3.8) is 0 Å². The molecule has 142 valence electrons. The van der Waals surface area contributed by atoms with Gasteiger partial charge in [-0.25, -0.2) is 0 Å². The Balaban J connectivity index is 1.76. The molecule has 0 N–H and O–H groups in total. The number of oxime groups is 1. The van der Waals surface area contributed by atoms with Gasteiger partial charge in [0.1, 0.15) is 0 Å². The molecule has 0 aliphatic carbocycles. The lowest BCUT2D eigenvalue weighted by Gasteiger charge is -2.30. The van der Waals surface area contributed by atoms with Crippen LogP contribution in [0.4, 0.5) is 5.69 Å². The van der Waals surface area contributed by atoms with Gasteiger partial charge in [-0.2, -0.15) is 0 Å². The summed E-state index contributed by atoms with van der Waals surface area (Å²) >= 11 is 12.7. The summed E-state index contributed by atoms with van der Waals surface area (Å²) in [5.74, 6) is -0.352. The highest BCUT2D eigenvalue weighted by Crippen LogP contribution is 2.36. The number of hydrogen-bond acceptors (Lipinski definition) is 3. The molecule has 0 saturated carbocycles. The van der Waals surface area contributed by atoms with Gasteiger partial charge in [0.2, 0.25) is 12.1 Å². The van der Waals surface area contributed by atoms with Gasteiger partial charge in [0.25, 0.3) is 0 Å². The van der Waals surface area contributed by atoms with E-state index in [1.807, 2.05) is 49.4 Å². The van der Waals surface area contributed by atoms with Crippen molar-refractivity contribution in [2.24, 2.45) is 11.1 Å². The van der Waals surface area contributed by atoms with E-state index in [2.05, 4.69) is 5.16 Å². The Kier molecular flexibility index (Phi) is 5.00. The predicted octanol–water partition coefficient (Wildman–Crippen LogP) is 5.90. The standard InChI is InChI=1S/C22H18Cl2N2O2/c1-13-21(20-17(23)10-6-11-18(20)24)25-28-22(13)26(14(2)27)19-12-5-8-15-7-3-4-9-16(15)19/h3-13,22H,1-2H3/t13-,22+/m0/s1. The molecule has 1 heterocycles. The third kappa shape index (κ3) is 3.13. The molecule has 4 nitrogen and oxygen atoms in total. The molecular formula is C22H18Cl2N2O2. The van der Waals surface area contributed by atoms with Crippen LogP contribution in [-0.2, 0) is 9.63 Å². The van der Waals surface area contributed by atoms with E-state index in [9.17, 15) is 4.79 Å². The Morgan fingerprint density at radius 3 is 2.36 bits per heavy atom. The number of anilines is 1. The molecule has 1 aliphatic rings. The summed E-state index contributed by atoms with van der Waals surface area (Å²) in [4.78, 5) is 20.0. The summed E-state index contributed by atoms with van der Waals surface area (Å²) < 4.78 is 0. The van der Waals surface area contributed by atoms with Crippen molar-refractivity contribution >= 4 is 51.3 Å². The first-order chi connectivity index (χ1) is 13.5. The van der Waals surface area contributed by atoms with Crippen LogP contribution >= 0.6 is 23.2 Å². The second-order valence-electron chi connectivity index (χ2n) is 6.75. The smallest absolute Gasteiger partial charge is 0.226 e. The van der Waals surface area contributed by atoms with Gasteiger partial charge in [-0.3, -0.25) is 9.69 Å². The van der Waals surface area contributed by atoms with Crippen molar-refractivity contribution in [3.8, 4) is 0 Å². The fraction of sp³-hybridized carbons (Fsp3) is 0.182. The minimum atomic E-state index is -0.592. The molecule has 0 spiro atoms. The average molecular weight is 413 g/mol. The van der Waals surface area contributed by atoms with Gasteiger partial charge in [0, 0.05) is 17.9 Å². The Morgan fingerprint density at radius 2 is 1.64 bits per heavy atom. The Bertz CT molecular complexity index is 1070. The van der Waals surface area contributed by atoms with E-state index >= 15 is 0 Å². The monoisotopic (exact) mass is 412 g/mol. The molecule has 0 aromatic heterocycles. The minimum absolute atomic E-state index is 0.130. The summed E-state index contributed by atoms with van der Waals surface area (Å²) in [7, 11) is 0. The number of halogens is 2. The maximum Gasteiger partial charge on any atom is 0.226 e. The van der Waals surface area contributed by atoms with E-state index < -0.39 is 6.23 Å². The van der Waals surface area contributed by atoms with Crippen molar-refractivity contribution in [1.82, 2.24) is 0 Å². The van der Waals surface area contributed by atoms with E-state index in [-0.39, 0.29) is 11.8 Å². The van der Waals surface area contributed by atoms with E-state index in [0.717, 1.165) is 16.5 Å². The van der Waals surface area contributed by atoms with Crippen LogP contribution in [0.5, 0.6) is 0 Å². The van der Waals surface area contributed by atoms with Gasteiger partial charge in [0.05, 0.1) is 27.4 Å². The molecule has 3 aromatic carbocycles. The quantitative estimate of drug-likeness (QED) is 0.537. The molecule has 0 saturated heterocycles. The zero-order valence-corrected chi connectivity index (χ0v) is 16.9. The Labute approximate surface area is 173 Å². The molecule has 4 rings (SSSR count). The third-order valence-corrected chi connectivity index (χ3v) is 5.59. The molecule has 28 heavy (non-hydrogen) atoms. The molecule has 3 aromatic rings. The van der Waals surface area contributed by atoms with Gasteiger partial charge in [0.15, 0.2) is 0 Å².